The summed E-state index contributed by atoms with van der Waals surface area (Å²) in [6.45, 7) is 6.97. The normalized spacial score (nSPS) is 35.5. The monoisotopic (exact) mass is 221 g/mol. The first-order valence-electron chi connectivity index (χ1n) is 5.44. The minimum Gasteiger partial charge on any atom is -0.252 e. The first kappa shape index (κ1) is 9.46. The molecule has 1 aromatic rings. The van der Waals surface area contributed by atoms with Crippen LogP contribution in [0, 0.1) is 10.2 Å². The maximum Gasteiger partial charge on any atom is 0.213 e. The maximum absolute atomic E-state index is 5.05. The molecule has 0 aromatic carbocycles. The van der Waals surface area contributed by atoms with Crippen LogP contribution in [0.15, 0.2) is 0 Å². The largest absolute Gasteiger partial charge is 0.252 e. The number of nitrogens with one attached hydrogen (secondary N) is 1. The van der Waals surface area contributed by atoms with E-state index in [1.54, 1.807) is 0 Å². The SMILES string of the molecule is CC1(C)[C@@H]2CC[C@@]1(C)c1n[nH]c(=S)nc12. The summed E-state index contributed by atoms with van der Waals surface area (Å²) in [5.74, 6) is 0.543. The molecule has 0 amide bonds. The van der Waals surface area contributed by atoms with Crippen molar-refractivity contribution in [3.63, 3.8) is 0 Å². The van der Waals surface area contributed by atoms with Crippen LogP contribution in [0.2, 0.25) is 0 Å². The second-order valence-electron chi connectivity index (χ2n) is 5.52. The molecule has 0 spiro atoms. The molecule has 2 atom stereocenters. The molecule has 1 fully saturated rings. The molecule has 2 bridgehead atoms. The number of H-pyrrole nitrogens is 1. The predicted octanol–water partition coefficient (Wildman–Crippen LogP) is 2.71. The predicted molar refractivity (Wildman–Crippen MR) is 60.3 cm³/mol. The van der Waals surface area contributed by atoms with E-state index in [2.05, 4.69) is 36.0 Å². The Morgan fingerprint density at radius 3 is 2.87 bits per heavy atom. The van der Waals surface area contributed by atoms with Crippen molar-refractivity contribution < 1.29 is 0 Å². The summed E-state index contributed by atoms with van der Waals surface area (Å²) in [5.41, 5.74) is 2.75. The van der Waals surface area contributed by atoms with E-state index in [-0.39, 0.29) is 10.8 Å². The lowest BCUT2D eigenvalue weighted by atomic mass is 9.70. The zero-order valence-corrected chi connectivity index (χ0v) is 10.1. The summed E-state index contributed by atoms with van der Waals surface area (Å²) in [6.07, 6.45) is 2.45. The topological polar surface area (TPSA) is 41.6 Å². The van der Waals surface area contributed by atoms with Crippen molar-refractivity contribution in [3.05, 3.63) is 16.2 Å². The van der Waals surface area contributed by atoms with Crippen LogP contribution in [0.4, 0.5) is 0 Å². The highest BCUT2D eigenvalue weighted by Gasteiger charge is 2.61. The van der Waals surface area contributed by atoms with E-state index in [0.29, 0.717) is 10.7 Å². The third-order valence-electron chi connectivity index (χ3n) is 4.81. The summed E-state index contributed by atoms with van der Waals surface area (Å²) in [5, 5.41) is 7.25. The fraction of sp³-hybridized carbons (Fsp3) is 0.727. The fourth-order valence-electron chi connectivity index (χ4n) is 3.40. The summed E-state index contributed by atoms with van der Waals surface area (Å²) < 4.78 is 0.515. The number of aromatic amines is 1. The molecule has 80 valence electrons. The summed E-state index contributed by atoms with van der Waals surface area (Å²) in [7, 11) is 0. The molecular weight excluding hydrogens is 206 g/mol. The zero-order valence-electron chi connectivity index (χ0n) is 9.29. The van der Waals surface area contributed by atoms with Crippen molar-refractivity contribution in [2.45, 2.75) is 44.9 Å². The number of aromatic nitrogens is 3. The molecule has 0 aliphatic heterocycles. The minimum atomic E-state index is 0.180. The fourth-order valence-corrected chi connectivity index (χ4v) is 3.54. The van der Waals surface area contributed by atoms with Crippen molar-refractivity contribution in [1.82, 2.24) is 15.2 Å². The molecule has 1 N–H and O–H groups in total. The van der Waals surface area contributed by atoms with Crippen LogP contribution in [0.1, 0.15) is 50.9 Å². The Labute approximate surface area is 94.3 Å². The molecule has 1 aromatic heterocycles. The van der Waals surface area contributed by atoms with Crippen LogP contribution in [-0.4, -0.2) is 15.2 Å². The summed E-state index contributed by atoms with van der Waals surface area (Å²) in [6, 6.07) is 0. The lowest BCUT2D eigenvalue weighted by Crippen LogP contribution is -2.32. The standard InChI is InChI=1S/C11H15N3S/c1-10(2)6-4-5-11(10,3)8-7(6)12-9(15)14-13-8/h6H,4-5H2,1-3H3,(H,12,14,15)/t6-,11+/m1/s1. The van der Waals surface area contributed by atoms with Gasteiger partial charge < -0.3 is 0 Å². The second-order valence-corrected chi connectivity index (χ2v) is 5.91. The van der Waals surface area contributed by atoms with Gasteiger partial charge in [-0.2, -0.15) is 5.10 Å². The summed E-state index contributed by atoms with van der Waals surface area (Å²) >= 11 is 5.05. The Bertz CT molecular complexity index is 491. The first-order valence-corrected chi connectivity index (χ1v) is 5.85. The lowest BCUT2D eigenvalue weighted by Gasteiger charge is -2.33. The van der Waals surface area contributed by atoms with Crippen LogP contribution < -0.4 is 0 Å². The molecule has 4 heteroatoms. The van der Waals surface area contributed by atoms with Gasteiger partial charge in [-0.3, -0.25) is 5.10 Å². The van der Waals surface area contributed by atoms with E-state index in [0.717, 1.165) is 11.4 Å². The van der Waals surface area contributed by atoms with Gasteiger partial charge in [0, 0.05) is 11.3 Å². The highest BCUT2D eigenvalue weighted by molar-refractivity contribution is 7.71. The van der Waals surface area contributed by atoms with Crippen LogP contribution in [0.5, 0.6) is 0 Å². The number of rotatable bonds is 0. The first-order chi connectivity index (χ1) is 6.97. The third-order valence-corrected chi connectivity index (χ3v) is 4.99. The van der Waals surface area contributed by atoms with Crippen molar-refractivity contribution >= 4 is 12.2 Å². The molecule has 15 heavy (non-hydrogen) atoms. The van der Waals surface area contributed by atoms with Crippen molar-refractivity contribution in [2.24, 2.45) is 5.41 Å². The Morgan fingerprint density at radius 1 is 1.40 bits per heavy atom. The van der Waals surface area contributed by atoms with Crippen molar-refractivity contribution in [1.29, 1.82) is 0 Å². The third kappa shape index (κ3) is 0.893. The Balaban J connectivity index is 2.33. The number of fused-ring (bicyclic) bond motifs is 5. The van der Waals surface area contributed by atoms with E-state index in [1.165, 1.54) is 12.8 Å². The Hall–Kier alpha value is -0.770. The van der Waals surface area contributed by atoms with Gasteiger partial charge in [0.05, 0.1) is 11.4 Å². The van der Waals surface area contributed by atoms with Gasteiger partial charge in [-0.15, -0.1) is 0 Å². The molecular formula is C11H15N3S. The van der Waals surface area contributed by atoms with E-state index in [9.17, 15) is 0 Å². The van der Waals surface area contributed by atoms with E-state index >= 15 is 0 Å². The molecule has 3 nitrogen and oxygen atoms in total. The Kier molecular flexibility index (Phi) is 1.57. The molecule has 0 saturated heterocycles. The maximum atomic E-state index is 5.05. The van der Waals surface area contributed by atoms with Gasteiger partial charge in [0.25, 0.3) is 0 Å². The molecule has 1 saturated carbocycles. The van der Waals surface area contributed by atoms with Crippen LogP contribution >= 0.6 is 12.2 Å². The van der Waals surface area contributed by atoms with Gasteiger partial charge in [-0.25, -0.2) is 4.98 Å². The van der Waals surface area contributed by atoms with E-state index in [4.69, 9.17) is 12.2 Å². The van der Waals surface area contributed by atoms with E-state index in [1.807, 2.05) is 0 Å². The van der Waals surface area contributed by atoms with Crippen molar-refractivity contribution in [3.8, 4) is 0 Å². The van der Waals surface area contributed by atoms with Crippen LogP contribution in [0.3, 0.4) is 0 Å². The van der Waals surface area contributed by atoms with E-state index < -0.39 is 0 Å². The van der Waals surface area contributed by atoms with Gasteiger partial charge >= 0.3 is 0 Å². The number of nitrogens with zero attached hydrogens (tertiary/aromatic N) is 2. The van der Waals surface area contributed by atoms with Crippen molar-refractivity contribution in [2.75, 3.05) is 0 Å². The smallest absolute Gasteiger partial charge is 0.213 e. The van der Waals surface area contributed by atoms with Gasteiger partial charge in [-0.05, 0) is 30.5 Å². The Morgan fingerprint density at radius 2 is 2.13 bits per heavy atom. The highest BCUT2D eigenvalue weighted by Crippen LogP contribution is 2.66. The van der Waals surface area contributed by atoms with Crippen LogP contribution in [-0.2, 0) is 5.41 Å². The van der Waals surface area contributed by atoms with Crippen LogP contribution in [0.25, 0.3) is 0 Å². The number of hydrogen-bond acceptors (Lipinski definition) is 3. The summed E-state index contributed by atoms with van der Waals surface area (Å²) in [4.78, 5) is 4.47. The lowest BCUT2D eigenvalue weighted by molar-refractivity contribution is 0.226. The quantitative estimate of drug-likeness (QED) is 0.685. The van der Waals surface area contributed by atoms with Gasteiger partial charge in [0.1, 0.15) is 0 Å². The molecule has 3 rings (SSSR count). The van der Waals surface area contributed by atoms with Gasteiger partial charge in [-0.1, -0.05) is 20.8 Å². The molecule has 0 radical (unpaired) electrons. The molecule has 0 unspecified atom stereocenters. The average molecular weight is 221 g/mol. The van der Waals surface area contributed by atoms with Gasteiger partial charge in [0.15, 0.2) is 0 Å². The molecule has 2 aliphatic rings. The highest BCUT2D eigenvalue weighted by atomic mass is 32.1. The zero-order chi connectivity index (χ0) is 10.8. The minimum absolute atomic E-state index is 0.180. The van der Waals surface area contributed by atoms with Gasteiger partial charge in [0.2, 0.25) is 4.77 Å². The molecule has 2 aliphatic carbocycles. The second kappa shape index (κ2) is 2.48. The average Bonchev–Trinajstić information content (AvgIpc) is 2.47. The number of hydrogen-bond donors (Lipinski definition) is 1. The molecule has 1 heterocycles.